The zero-order chi connectivity index (χ0) is 20.2. The predicted octanol–water partition coefficient (Wildman–Crippen LogP) is 6.26. The molecule has 0 radical (unpaired) electrons. The number of para-hydroxylation sites is 2. The number of likely N-dealkylation sites (N-methyl/N-ethyl adjacent to an activating group) is 1. The van der Waals surface area contributed by atoms with E-state index in [4.69, 9.17) is 5.10 Å². The van der Waals surface area contributed by atoms with Gasteiger partial charge in [0, 0.05) is 36.9 Å². The summed E-state index contributed by atoms with van der Waals surface area (Å²) in [5.41, 5.74) is 4.62. The average Bonchev–Trinajstić information content (AvgIpc) is 3.42. The summed E-state index contributed by atoms with van der Waals surface area (Å²) >= 11 is 0. The normalized spacial score (nSPS) is 27.4. The van der Waals surface area contributed by atoms with Crippen LogP contribution in [0.1, 0.15) is 32.3 Å². The van der Waals surface area contributed by atoms with E-state index in [1.54, 1.807) is 0 Å². The van der Waals surface area contributed by atoms with E-state index in [1.165, 1.54) is 16.9 Å². The molecule has 158 valence electrons. The van der Waals surface area contributed by atoms with Crippen molar-refractivity contribution in [1.29, 1.82) is 5.16 Å². The van der Waals surface area contributed by atoms with Crippen LogP contribution < -0.4 is 9.68 Å². The van der Waals surface area contributed by atoms with Gasteiger partial charge >= 0.3 is 0 Å². The third-order valence-corrected chi connectivity index (χ3v) is 9.59. The molecule has 2 aromatic rings. The molecular formula is C23H29ClN5P. The Morgan fingerprint density at radius 2 is 1.60 bits per heavy atom. The molecule has 3 heterocycles. The highest BCUT2D eigenvalue weighted by Gasteiger charge is 2.48. The van der Waals surface area contributed by atoms with Gasteiger partial charge in [0.25, 0.3) is 0 Å². The summed E-state index contributed by atoms with van der Waals surface area (Å²) in [7, 11) is -0.430. The van der Waals surface area contributed by atoms with Crippen molar-refractivity contribution in [3.63, 3.8) is 0 Å². The Morgan fingerprint density at radius 3 is 2.27 bits per heavy atom. The van der Waals surface area contributed by atoms with E-state index in [0.29, 0.717) is 0 Å². The molecule has 1 fully saturated rings. The van der Waals surface area contributed by atoms with Crippen molar-refractivity contribution in [2.75, 3.05) is 29.8 Å². The van der Waals surface area contributed by atoms with Gasteiger partial charge in [0.05, 0.1) is 17.2 Å². The molecule has 5 nitrogen and oxygen atoms in total. The highest BCUT2D eigenvalue weighted by molar-refractivity contribution is 7.70. The summed E-state index contributed by atoms with van der Waals surface area (Å²) < 4.78 is 4.40. The molecule has 0 aromatic heterocycles. The highest BCUT2D eigenvalue weighted by Crippen LogP contribution is 2.68. The number of benzene rings is 2. The fraction of sp³-hybridized carbons (Fsp3) is 0.348. The van der Waals surface area contributed by atoms with E-state index in [0.717, 1.165) is 36.9 Å². The van der Waals surface area contributed by atoms with Crippen LogP contribution >= 0.6 is 19.8 Å². The molecule has 1 unspecified atom stereocenters. The summed E-state index contributed by atoms with van der Waals surface area (Å²) in [6, 6.07) is 18.9. The van der Waals surface area contributed by atoms with Crippen molar-refractivity contribution in [2.45, 2.75) is 32.1 Å². The maximum atomic E-state index is 9.92. The Balaban J connectivity index is 0.00000218. The molecule has 1 N–H and O–H groups in total. The van der Waals surface area contributed by atoms with Gasteiger partial charge in [0.15, 0.2) is 7.36 Å². The molecule has 1 atom stereocenters. The number of rotatable bonds is 2. The van der Waals surface area contributed by atoms with Crippen LogP contribution in [0, 0.1) is 5.16 Å². The minimum absolute atomic E-state index is 0. The SMILES string of the molecule is CN1/C(=C2\C=NN(c3ccccc3)P2(=N)N2CCCC2)C(C)(C)c2ccccc21.Cl. The van der Waals surface area contributed by atoms with Crippen LogP contribution in [0.4, 0.5) is 11.4 Å². The van der Waals surface area contributed by atoms with Gasteiger partial charge in [0.1, 0.15) is 0 Å². The van der Waals surface area contributed by atoms with Crippen molar-refractivity contribution in [1.82, 2.24) is 4.67 Å². The Hall–Kier alpha value is -2.07. The third-order valence-electron chi connectivity index (χ3n) is 6.49. The molecule has 5 rings (SSSR count). The lowest BCUT2D eigenvalue weighted by Gasteiger charge is -2.38. The van der Waals surface area contributed by atoms with Gasteiger partial charge in [-0.3, -0.25) is 5.16 Å². The largest absolute Gasteiger partial charge is 0.346 e. The van der Waals surface area contributed by atoms with Crippen molar-refractivity contribution in [3.8, 4) is 0 Å². The minimum Gasteiger partial charge on any atom is -0.346 e. The zero-order valence-electron chi connectivity index (χ0n) is 17.7. The van der Waals surface area contributed by atoms with E-state index >= 15 is 0 Å². The molecule has 0 bridgehead atoms. The quantitative estimate of drug-likeness (QED) is 0.559. The number of nitrogens with zero attached hydrogens (tertiary/aromatic N) is 4. The summed E-state index contributed by atoms with van der Waals surface area (Å²) in [4.78, 5) is 2.30. The first-order valence-corrected chi connectivity index (χ1v) is 12.0. The van der Waals surface area contributed by atoms with E-state index in [1.807, 2.05) is 29.2 Å². The lowest BCUT2D eigenvalue weighted by atomic mass is 9.84. The molecule has 30 heavy (non-hydrogen) atoms. The van der Waals surface area contributed by atoms with Crippen molar-refractivity contribution < 1.29 is 0 Å². The summed E-state index contributed by atoms with van der Waals surface area (Å²) in [6.07, 6.45) is 4.29. The molecular weight excluding hydrogens is 413 g/mol. The molecule has 2 aromatic carbocycles. The van der Waals surface area contributed by atoms with Gasteiger partial charge in [-0.15, -0.1) is 12.4 Å². The van der Waals surface area contributed by atoms with Gasteiger partial charge < -0.3 is 4.90 Å². The molecule has 1 saturated heterocycles. The number of allylic oxidation sites excluding steroid dienone is 2. The van der Waals surface area contributed by atoms with Crippen LogP contribution in [0.5, 0.6) is 0 Å². The third kappa shape index (κ3) is 2.87. The first kappa shape index (κ1) is 21.2. The monoisotopic (exact) mass is 441 g/mol. The van der Waals surface area contributed by atoms with Crippen LogP contribution in [0.2, 0.25) is 0 Å². The van der Waals surface area contributed by atoms with Gasteiger partial charge in [-0.05, 0) is 36.6 Å². The second-order valence-electron chi connectivity index (χ2n) is 8.57. The van der Waals surface area contributed by atoms with Crippen LogP contribution in [0.3, 0.4) is 0 Å². The zero-order valence-corrected chi connectivity index (χ0v) is 19.5. The number of nitrogens with one attached hydrogen (secondary N) is 1. The lowest BCUT2D eigenvalue weighted by Crippen LogP contribution is -2.29. The maximum absolute atomic E-state index is 9.92. The summed E-state index contributed by atoms with van der Waals surface area (Å²) in [5.74, 6) is 0. The van der Waals surface area contributed by atoms with E-state index in [-0.39, 0.29) is 17.8 Å². The highest BCUT2D eigenvalue weighted by atomic mass is 35.5. The van der Waals surface area contributed by atoms with Crippen LogP contribution in [-0.2, 0) is 5.41 Å². The Morgan fingerprint density at radius 1 is 0.967 bits per heavy atom. The van der Waals surface area contributed by atoms with E-state index in [2.05, 4.69) is 66.9 Å². The standard InChI is InChI=1S/C23H28N5P.ClH/c1-23(2)19-13-7-8-14-20(19)26(3)22(23)21-17-25-28(18-11-5-4-6-12-18)29(21,24)27-15-9-10-16-27;/h4-8,11-14,17,24H,9-10,15-16H2,1-3H3;1H/b22-21+;. The van der Waals surface area contributed by atoms with Crippen molar-refractivity contribution in [2.24, 2.45) is 5.10 Å². The predicted molar refractivity (Wildman–Crippen MR) is 130 cm³/mol. The molecule has 3 aliphatic rings. The summed E-state index contributed by atoms with van der Waals surface area (Å²) in [6.45, 7) is 6.51. The van der Waals surface area contributed by atoms with Crippen molar-refractivity contribution in [3.05, 3.63) is 71.2 Å². The Kier molecular flexibility index (Phi) is 5.34. The molecule has 3 aliphatic heterocycles. The number of fused-ring (bicyclic) bond motifs is 1. The Bertz CT molecular complexity index is 1060. The average molecular weight is 442 g/mol. The Labute approximate surface area is 185 Å². The first-order valence-electron chi connectivity index (χ1n) is 10.3. The van der Waals surface area contributed by atoms with Gasteiger partial charge in [-0.2, -0.15) is 5.10 Å². The second kappa shape index (κ2) is 7.56. The van der Waals surface area contributed by atoms with E-state index in [9.17, 15) is 5.16 Å². The number of anilines is 2. The number of halogens is 1. The van der Waals surface area contributed by atoms with Crippen LogP contribution in [0.25, 0.3) is 0 Å². The molecule has 0 spiro atoms. The fourth-order valence-electron chi connectivity index (χ4n) is 5.09. The minimum atomic E-state index is -2.57. The molecule has 0 amide bonds. The lowest BCUT2D eigenvalue weighted by molar-refractivity contribution is 0.556. The fourth-order valence-corrected chi connectivity index (χ4v) is 8.30. The number of hydrogen-bond donors (Lipinski definition) is 1. The smallest absolute Gasteiger partial charge is 0.172 e. The summed E-state index contributed by atoms with van der Waals surface area (Å²) in [5, 5.41) is 15.8. The van der Waals surface area contributed by atoms with Crippen LogP contribution in [0.15, 0.2) is 70.7 Å². The first-order chi connectivity index (χ1) is 14.0. The maximum Gasteiger partial charge on any atom is 0.172 e. The topological polar surface area (TPSA) is 45.9 Å². The second-order valence-corrected chi connectivity index (χ2v) is 11.2. The van der Waals surface area contributed by atoms with E-state index < -0.39 is 7.36 Å². The van der Waals surface area contributed by atoms with Crippen LogP contribution in [-0.4, -0.2) is 31.0 Å². The number of hydrazone groups is 1. The van der Waals surface area contributed by atoms with Gasteiger partial charge in [-0.25, -0.2) is 9.45 Å². The molecule has 0 saturated carbocycles. The van der Waals surface area contributed by atoms with Gasteiger partial charge in [-0.1, -0.05) is 50.2 Å². The molecule has 0 aliphatic carbocycles. The van der Waals surface area contributed by atoms with Crippen molar-refractivity contribution >= 4 is 37.4 Å². The van der Waals surface area contributed by atoms with Gasteiger partial charge in [0.2, 0.25) is 0 Å². The molecule has 7 heteroatoms. The number of hydrogen-bond acceptors (Lipinski definition) is 3.